The van der Waals surface area contributed by atoms with E-state index < -0.39 is 0 Å². The fraction of sp³-hybridized carbons (Fsp3) is 0.217. The van der Waals surface area contributed by atoms with Crippen LogP contribution in [0.15, 0.2) is 53.4 Å². The van der Waals surface area contributed by atoms with Crippen molar-refractivity contribution in [2.45, 2.75) is 29.9 Å². The number of ether oxygens (including phenoxy) is 2. The lowest BCUT2D eigenvalue weighted by atomic mass is 10.2. The third-order valence-electron chi connectivity index (χ3n) is 5.04. The van der Waals surface area contributed by atoms with Gasteiger partial charge in [0.05, 0.1) is 18.2 Å². The number of thioether (sulfide) groups is 1. The summed E-state index contributed by atoms with van der Waals surface area (Å²) in [4.78, 5) is 13.2. The first-order chi connectivity index (χ1) is 14.7. The maximum atomic E-state index is 6.31. The Kier molecular flexibility index (Phi) is 5.54. The van der Waals surface area contributed by atoms with Crippen LogP contribution >= 0.6 is 34.7 Å². The number of methoxy groups -OCH3 is 1. The van der Waals surface area contributed by atoms with E-state index in [4.69, 9.17) is 31.0 Å². The maximum Gasteiger partial charge on any atom is 0.231 e. The Bertz CT molecular complexity index is 1210. The normalized spacial score (nSPS) is 12.9. The second kappa shape index (κ2) is 8.46. The standard InChI is InChI=1S/C23H19ClN2O2S2/c1-27-17-6-2-3-7-18(17)28-22-21-16-5-4-8-19(16)30-23(21)26-20(25-22)13-29-15-11-9-14(24)10-12-15/h2-3,6-7,9-12H,4-5,8,13H2,1H3. The average molecular weight is 455 g/mol. The first-order valence-corrected chi connectivity index (χ1v) is 11.9. The number of aromatic nitrogens is 2. The van der Waals surface area contributed by atoms with Gasteiger partial charge in [0.1, 0.15) is 10.7 Å². The molecule has 0 bridgehead atoms. The van der Waals surface area contributed by atoms with Crippen molar-refractivity contribution in [3.63, 3.8) is 0 Å². The van der Waals surface area contributed by atoms with Gasteiger partial charge in [-0.1, -0.05) is 23.7 Å². The van der Waals surface area contributed by atoms with E-state index in [-0.39, 0.29) is 0 Å². The highest BCUT2D eigenvalue weighted by molar-refractivity contribution is 7.98. The zero-order valence-corrected chi connectivity index (χ0v) is 18.7. The van der Waals surface area contributed by atoms with Crippen molar-refractivity contribution in [1.82, 2.24) is 9.97 Å². The van der Waals surface area contributed by atoms with Gasteiger partial charge in [0.25, 0.3) is 0 Å². The minimum absolute atomic E-state index is 0.621. The molecule has 0 atom stereocenters. The quantitative estimate of drug-likeness (QED) is 0.295. The molecule has 4 aromatic rings. The van der Waals surface area contributed by atoms with E-state index in [1.807, 2.05) is 48.5 Å². The molecule has 0 spiro atoms. The second-order valence-electron chi connectivity index (χ2n) is 6.98. The molecule has 1 aliphatic carbocycles. The highest BCUT2D eigenvalue weighted by Crippen LogP contribution is 2.43. The number of fused-ring (bicyclic) bond motifs is 3. The van der Waals surface area contributed by atoms with Crippen molar-refractivity contribution in [3.05, 3.63) is 69.8 Å². The highest BCUT2D eigenvalue weighted by Gasteiger charge is 2.24. The van der Waals surface area contributed by atoms with Crippen LogP contribution in [0.4, 0.5) is 0 Å². The van der Waals surface area contributed by atoms with Crippen molar-refractivity contribution in [2.24, 2.45) is 0 Å². The summed E-state index contributed by atoms with van der Waals surface area (Å²) in [6.45, 7) is 0. The Morgan fingerprint density at radius 2 is 1.83 bits per heavy atom. The molecule has 0 saturated heterocycles. The summed E-state index contributed by atoms with van der Waals surface area (Å²) in [5.74, 6) is 3.38. The summed E-state index contributed by atoms with van der Waals surface area (Å²) in [5, 5.41) is 1.79. The van der Waals surface area contributed by atoms with Crippen LogP contribution in [0.1, 0.15) is 22.7 Å². The van der Waals surface area contributed by atoms with E-state index in [0.717, 1.165) is 38.8 Å². The van der Waals surface area contributed by atoms with Crippen LogP contribution < -0.4 is 9.47 Å². The molecule has 7 heteroatoms. The number of rotatable bonds is 6. The summed E-state index contributed by atoms with van der Waals surface area (Å²) < 4.78 is 11.8. The van der Waals surface area contributed by atoms with Gasteiger partial charge in [-0.2, -0.15) is 4.98 Å². The Morgan fingerprint density at radius 3 is 2.63 bits per heavy atom. The number of nitrogens with zero attached hydrogens (tertiary/aromatic N) is 2. The third kappa shape index (κ3) is 3.87. The van der Waals surface area contributed by atoms with E-state index in [9.17, 15) is 0 Å². The Labute approximate surface area is 188 Å². The molecular formula is C23H19ClN2O2S2. The van der Waals surface area contributed by atoms with E-state index in [2.05, 4.69) is 0 Å². The maximum absolute atomic E-state index is 6.31. The first-order valence-electron chi connectivity index (χ1n) is 9.71. The van der Waals surface area contributed by atoms with Gasteiger partial charge in [-0.05, 0) is 61.2 Å². The van der Waals surface area contributed by atoms with Crippen molar-refractivity contribution in [1.29, 1.82) is 0 Å². The van der Waals surface area contributed by atoms with Crippen molar-refractivity contribution >= 4 is 44.9 Å². The molecule has 0 unspecified atom stereocenters. The predicted octanol–water partition coefficient (Wildman–Crippen LogP) is 6.93. The molecule has 0 aliphatic heterocycles. The number of benzene rings is 2. The summed E-state index contributed by atoms with van der Waals surface area (Å²) >= 11 is 9.45. The Hall–Kier alpha value is -2.28. The third-order valence-corrected chi connectivity index (χ3v) is 7.48. The minimum atomic E-state index is 0.621. The fourth-order valence-corrected chi connectivity index (χ4v) is 5.78. The van der Waals surface area contributed by atoms with E-state index >= 15 is 0 Å². The van der Waals surface area contributed by atoms with Crippen LogP contribution in [0.2, 0.25) is 5.02 Å². The smallest absolute Gasteiger partial charge is 0.231 e. The predicted molar refractivity (Wildman–Crippen MR) is 124 cm³/mol. The Balaban J connectivity index is 1.52. The van der Waals surface area contributed by atoms with Crippen LogP contribution in [-0.4, -0.2) is 17.1 Å². The molecule has 0 fully saturated rings. The molecule has 5 rings (SSSR count). The molecule has 0 amide bonds. The van der Waals surface area contributed by atoms with Crippen LogP contribution in [-0.2, 0) is 18.6 Å². The number of thiophene rings is 1. The largest absolute Gasteiger partial charge is 0.493 e. The molecule has 2 heterocycles. The van der Waals surface area contributed by atoms with E-state index in [1.54, 1.807) is 30.2 Å². The van der Waals surface area contributed by atoms with Crippen LogP contribution in [0, 0.1) is 0 Å². The molecule has 4 nitrogen and oxygen atoms in total. The van der Waals surface area contributed by atoms with Gasteiger partial charge in [-0.25, -0.2) is 4.98 Å². The van der Waals surface area contributed by atoms with Gasteiger partial charge >= 0.3 is 0 Å². The fourth-order valence-electron chi connectivity index (χ4n) is 3.63. The zero-order chi connectivity index (χ0) is 20.5. The van der Waals surface area contributed by atoms with E-state index in [0.29, 0.717) is 23.1 Å². The van der Waals surface area contributed by atoms with Crippen molar-refractivity contribution < 1.29 is 9.47 Å². The lowest BCUT2D eigenvalue weighted by Gasteiger charge is -2.12. The van der Waals surface area contributed by atoms with E-state index in [1.165, 1.54) is 16.9 Å². The monoisotopic (exact) mass is 454 g/mol. The highest BCUT2D eigenvalue weighted by atomic mass is 35.5. The number of halogens is 1. The molecule has 30 heavy (non-hydrogen) atoms. The SMILES string of the molecule is COc1ccccc1Oc1nc(CSc2ccc(Cl)cc2)nc2sc3c(c12)CCC3. The van der Waals surface area contributed by atoms with Crippen molar-refractivity contribution in [2.75, 3.05) is 7.11 Å². The lowest BCUT2D eigenvalue weighted by Crippen LogP contribution is -1.99. The first kappa shape index (κ1) is 19.7. The average Bonchev–Trinajstić information content (AvgIpc) is 3.35. The molecule has 0 saturated carbocycles. The molecule has 0 N–H and O–H groups in total. The van der Waals surface area contributed by atoms with Crippen LogP contribution in [0.25, 0.3) is 10.2 Å². The topological polar surface area (TPSA) is 44.2 Å². The van der Waals surface area contributed by atoms with Gasteiger partial charge in [0, 0.05) is 14.8 Å². The summed E-state index contributed by atoms with van der Waals surface area (Å²) in [6.07, 6.45) is 3.35. The number of aryl methyl sites for hydroxylation is 2. The molecule has 2 aromatic heterocycles. The molecule has 152 valence electrons. The van der Waals surface area contributed by atoms with Gasteiger partial charge in [-0.3, -0.25) is 0 Å². The van der Waals surface area contributed by atoms with Crippen molar-refractivity contribution in [3.8, 4) is 17.4 Å². The Morgan fingerprint density at radius 1 is 1.03 bits per heavy atom. The number of hydrogen-bond acceptors (Lipinski definition) is 6. The summed E-state index contributed by atoms with van der Waals surface area (Å²) in [6, 6.07) is 15.5. The molecule has 1 aliphatic rings. The summed E-state index contributed by atoms with van der Waals surface area (Å²) in [7, 11) is 1.65. The number of para-hydroxylation sites is 2. The number of hydrogen-bond donors (Lipinski definition) is 0. The van der Waals surface area contributed by atoms with Gasteiger partial charge in [-0.15, -0.1) is 23.1 Å². The molecule has 2 aromatic carbocycles. The lowest BCUT2D eigenvalue weighted by molar-refractivity contribution is 0.375. The van der Waals surface area contributed by atoms with Crippen LogP contribution in [0.3, 0.4) is 0 Å². The molecule has 0 radical (unpaired) electrons. The van der Waals surface area contributed by atoms with Gasteiger partial charge in [0.2, 0.25) is 5.88 Å². The second-order valence-corrected chi connectivity index (χ2v) is 9.55. The van der Waals surface area contributed by atoms with Crippen LogP contribution in [0.5, 0.6) is 17.4 Å². The summed E-state index contributed by atoms with van der Waals surface area (Å²) in [5.41, 5.74) is 1.34. The molecular weight excluding hydrogens is 436 g/mol. The zero-order valence-electron chi connectivity index (χ0n) is 16.4. The van der Waals surface area contributed by atoms with Gasteiger partial charge < -0.3 is 9.47 Å². The van der Waals surface area contributed by atoms with Gasteiger partial charge in [0.15, 0.2) is 11.5 Å². The minimum Gasteiger partial charge on any atom is -0.493 e.